The minimum absolute atomic E-state index is 0.304. The maximum Gasteiger partial charge on any atom is 0.308 e. The summed E-state index contributed by atoms with van der Waals surface area (Å²) in [6.45, 7) is 1.32. The predicted octanol–water partition coefficient (Wildman–Crippen LogP) is 4.73. The van der Waals surface area contributed by atoms with E-state index in [4.69, 9.17) is 9.47 Å². The molecule has 0 atom stereocenters. The maximum absolute atomic E-state index is 13.4. The number of benzene rings is 2. The van der Waals surface area contributed by atoms with Gasteiger partial charge in [-0.3, -0.25) is 4.79 Å². The van der Waals surface area contributed by atoms with Crippen LogP contribution >= 0.6 is 27.7 Å². The molecule has 3 rings (SSSR count). The van der Waals surface area contributed by atoms with Gasteiger partial charge in [-0.15, -0.1) is 0 Å². The Morgan fingerprint density at radius 2 is 2.09 bits per heavy atom. The van der Waals surface area contributed by atoms with Gasteiger partial charge in [0.1, 0.15) is 5.82 Å². The normalized spacial score (nSPS) is 12.0. The fourth-order valence-electron chi connectivity index (χ4n) is 2.11. The summed E-state index contributed by atoms with van der Waals surface area (Å²) in [7, 11) is 1.50. The Balaban J connectivity index is 2.12. The van der Waals surface area contributed by atoms with Gasteiger partial charge in [0.15, 0.2) is 11.5 Å². The fraction of sp³-hybridized carbons (Fsp3) is 0.133. The first-order chi connectivity index (χ1) is 10.5. The van der Waals surface area contributed by atoms with Crippen LogP contribution in [0.5, 0.6) is 11.5 Å². The molecule has 0 spiro atoms. The molecule has 2 aromatic rings. The van der Waals surface area contributed by atoms with E-state index < -0.39 is 5.97 Å². The number of carbonyl (C=O) groups is 1. The monoisotopic (exact) mass is 383 g/mol. The van der Waals surface area contributed by atoms with Gasteiger partial charge in [-0.05, 0) is 34.1 Å². The number of rotatable bonds is 2. The molecule has 22 heavy (non-hydrogen) atoms. The standard InChI is InChI=1S/C15H11BrFNO3S/c1-7(19)21-14-11(20-2)6-10-15(13(14)16)22-12-5-8(17)3-4-9(12)18-10/h3-6,18H,1-2H3. The smallest absolute Gasteiger partial charge is 0.308 e. The number of ether oxygens (including phenoxy) is 2. The second-order valence-corrected chi connectivity index (χ2v) is 6.41. The van der Waals surface area contributed by atoms with Gasteiger partial charge in [-0.2, -0.15) is 0 Å². The lowest BCUT2D eigenvalue weighted by Crippen LogP contribution is -2.07. The molecule has 4 nitrogen and oxygen atoms in total. The lowest BCUT2D eigenvalue weighted by atomic mass is 10.2. The number of methoxy groups -OCH3 is 1. The van der Waals surface area contributed by atoms with E-state index in [9.17, 15) is 9.18 Å². The summed E-state index contributed by atoms with van der Waals surface area (Å²) in [4.78, 5) is 12.8. The van der Waals surface area contributed by atoms with Crippen molar-refractivity contribution in [1.29, 1.82) is 0 Å². The number of anilines is 2. The molecule has 114 valence electrons. The highest BCUT2D eigenvalue weighted by molar-refractivity contribution is 9.10. The zero-order valence-electron chi connectivity index (χ0n) is 11.7. The van der Waals surface area contributed by atoms with Gasteiger partial charge in [0.2, 0.25) is 0 Å². The Morgan fingerprint density at radius 3 is 2.77 bits per heavy atom. The Hall–Kier alpha value is -1.73. The highest BCUT2D eigenvalue weighted by atomic mass is 79.9. The molecule has 1 aliphatic heterocycles. The number of hydrogen-bond acceptors (Lipinski definition) is 5. The van der Waals surface area contributed by atoms with Crippen molar-refractivity contribution in [3.8, 4) is 11.5 Å². The van der Waals surface area contributed by atoms with Gasteiger partial charge >= 0.3 is 5.97 Å². The minimum atomic E-state index is -0.445. The second-order valence-electron chi connectivity index (χ2n) is 4.56. The first-order valence-corrected chi connectivity index (χ1v) is 7.94. The van der Waals surface area contributed by atoms with Crippen LogP contribution in [0.25, 0.3) is 0 Å². The van der Waals surface area contributed by atoms with E-state index in [1.165, 1.54) is 37.9 Å². The first kappa shape index (κ1) is 15.2. The molecule has 2 aromatic carbocycles. The molecule has 0 aliphatic carbocycles. The Kier molecular flexibility index (Phi) is 4.01. The molecule has 0 saturated heterocycles. The van der Waals surface area contributed by atoms with Crippen molar-refractivity contribution >= 4 is 45.0 Å². The first-order valence-electron chi connectivity index (χ1n) is 6.33. The number of esters is 1. The van der Waals surface area contributed by atoms with E-state index in [0.717, 1.165) is 21.2 Å². The van der Waals surface area contributed by atoms with E-state index in [1.807, 2.05) is 0 Å². The Bertz CT molecular complexity index is 782. The van der Waals surface area contributed by atoms with Gasteiger partial charge < -0.3 is 14.8 Å². The van der Waals surface area contributed by atoms with Gasteiger partial charge in [0.25, 0.3) is 0 Å². The fourth-order valence-corrected chi connectivity index (χ4v) is 3.87. The van der Waals surface area contributed by atoms with Crippen LogP contribution in [-0.2, 0) is 4.79 Å². The van der Waals surface area contributed by atoms with Crippen molar-refractivity contribution in [1.82, 2.24) is 0 Å². The summed E-state index contributed by atoms with van der Waals surface area (Å²) >= 11 is 4.83. The Morgan fingerprint density at radius 1 is 1.32 bits per heavy atom. The number of fused-ring (bicyclic) bond motifs is 2. The van der Waals surface area contributed by atoms with Crippen LogP contribution in [0.1, 0.15) is 6.92 Å². The minimum Gasteiger partial charge on any atom is -0.493 e. The SMILES string of the molecule is COc1cc2c(c(Br)c1OC(C)=O)Sc1cc(F)ccc1N2. The van der Waals surface area contributed by atoms with Crippen LogP contribution in [-0.4, -0.2) is 13.1 Å². The van der Waals surface area contributed by atoms with Crippen molar-refractivity contribution in [2.75, 3.05) is 12.4 Å². The summed E-state index contributed by atoms with van der Waals surface area (Å²) in [5.41, 5.74) is 1.61. The third kappa shape index (κ3) is 2.66. The third-order valence-corrected chi connectivity index (χ3v) is 5.24. The zero-order chi connectivity index (χ0) is 15.9. The number of nitrogens with one attached hydrogen (secondary N) is 1. The average molecular weight is 384 g/mol. The summed E-state index contributed by atoms with van der Waals surface area (Å²) < 4.78 is 24.5. The van der Waals surface area contributed by atoms with Crippen LogP contribution in [0.3, 0.4) is 0 Å². The largest absolute Gasteiger partial charge is 0.493 e. The molecule has 0 bridgehead atoms. The topological polar surface area (TPSA) is 47.6 Å². The van der Waals surface area contributed by atoms with Gasteiger partial charge in [0, 0.05) is 17.9 Å². The average Bonchev–Trinajstić information content (AvgIpc) is 2.48. The number of hydrogen-bond donors (Lipinski definition) is 1. The predicted molar refractivity (Wildman–Crippen MR) is 85.8 cm³/mol. The van der Waals surface area contributed by atoms with Crippen LogP contribution in [0.2, 0.25) is 0 Å². The molecule has 1 aliphatic rings. The number of carbonyl (C=O) groups excluding carboxylic acids is 1. The van der Waals surface area contributed by atoms with Gasteiger partial charge in [-0.25, -0.2) is 4.39 Å². The van der Waals surface area contributed by atoms with Crippen LogP contribution in [0.15, 0.2) is 38.5 Å². The molecule has 1 N–H and O–H groups in total. The molecule has 0 amide bonds. The van der Waals surface area contributed by atoms with Crippen molar-refractivity contribution in [3.05, 3.63) is 34.6 Å². The van der Waals surface area contributed by atoms with E-state index in [2.05, 4.69) is 21.2 Å². The molecular formula is C15H11BrFNO3S. The lowest BCUT2D eigenvalue weighted by molar-refractivity contribution is -0.132. The number of halogens is 2. The maximum atomic E-state index is 13.4. The van der Waals surface area contributed by atoms with E-state index in [-0.39, 0.29) is 5.82 Å². The molecular weight excluding hydrogens is 373 g/mol. The summed E-state index contributed by atoms with van der Waals surface area (Å²) in [5.74, 6) is -0.0112. The molecule has 0 aromatic heterocycles. The molecule has 0 radical (unpaired) electrons. The molecule has 0 saturated carbocycles. The third-order valence-electron chi connectivity index (χ3n) is 3.03. The highest BCUT2D eigenvalue weighted by Gasteiger charge is 2.25. The molecule has 1 heterocycles. The van der Waals surface area contributed by atoms with Crippen molar-refractivity contribution in [2.24, 2.45) is 0 Å². The van der Waals surface area contributed by atoms with Crippen LogP contribution < -0.4 is 14.8 Å². The van der Waals surface area contributed by atoms with Gasteiger partial charge in [-0.1, -0.05) is 11.8 Å². The summed E-state index contributed by atoms with van der Waals surface area (Å²) in [6.07, 6.45) is 0. The van der Waals surface area contributed by atoms with Crippen molar-refractivity contribution in [2.45, 2.75) is 16.7 Å². The van der Waals surface area contributed by atoms with Gasteiger partial charge in [0.05, 0.1) is 27.9 Å². The van der Waals surface area contributed by atoms with E-state index in [0.29, 0.717) is 16.0 Å². The van der Waals surface area contributed by atoms with E-state index >= 15 is 0 Å². The lowest BCUT2D eigenvalue weighted by Gasteiger charge is -2.24. The van der Waals surface area contributed by atoms with Crippen LogP contribution in [0, 0.1) is 5.82 Å². The Labute approximate surface area is 139 Å². The molecule has 0 fully saturated rings. The summed E-state index contributed by atoms with van der Waals surface area (Å²) in [5, 5.41) is 3.23. The highest BCUT2D eigenvalue weighted by Crippen LogP contribution is 2.53. The van der Waals surface area contributed by atoms with Crippen LogP contribution in [0.4, 0.5) is 15.8 Å². The van der Waals surface area contributed by atoms with Crippen molar-refractivity contribution in [3.63, 3.8) is 0 Å². The second kappa shape index (κ2) is 5.81. The summed E-state index contributed by atoms with van der Waals surface area (Å²) in [6, 6.07) is 6.29. The zero-order valence-corrected chi connectivity index (χ0v) is 14.1. The molecule has 7 heteroatoms. The van der Waals surface area contributed by atoms with Crippen molar-refractivity contribution < 1.29 is 18.7 Å². The quantitative estimate of drug-likeness (QED) is 0.511. The van der Waals surface area contributed by atoms with E-state index in [1.54, 1.807) is 12.1 Å². The molecule has 0 unspecified atom stereocenters.